The van der Waals surface area contributed by atoms with Crippen molar-refractivity contribution in [3.63, 3.8) is 0 Å². The lowest BCUT2D eigenvalue weighted by Gasteiger charge is -2.26. The van der Waals surface area contributed by atoms with Crippen LogP contribution in [0.4, 0.5) is 11.4 Å². The number of anilines is 2. The van der Waals surface area contributed by atoms with Crippen LogP contribution in [0.5, 0.6) is 0 Å². The number of nitriles is 1. The molecule has 1 fully saturated rings. The van der Waals surface area contributed by atoms with Crippen LogP contribution in [0, 0.1) is 11.3 Å². The molecule has 1 aliphatic rings. The summed E-state index contributed by atoms with van der Waals surface area (Å²) < 4.78 is 31.8. The Labute approximate surface area is 163 Å². The summed E-state index contributed by atoms with van der Waals surface area (Å²) in [5.41, 5.74) is 1.63. The SMILES string of the molecule is N#Cc1cccc(NC(=O)CNc2ccc(S(=O)(=O)N3CCOCC3)cc2)c1. The van der Waals surface area contributed by atoms with Crippen molar-refractivity contribution < 1.29 is 17.9 Å². The third kappa shape index (κ3) is 4.86. The summed E-state index contributed by atoms with van der Waals surface area (Å²) in [7, 11) is -3.54. The second-order valence-corrected chi connectivity index (χ2v) is 8.07. The molecule has 2 aromatic rings. The number of morpholine rings is 1. The number of rotatable bonds is 6. The fourth-order valence-corrected chi connectivity index (χ4v) is 4.14. The van der Waals surface area contributed by atoms with Gasteiger partial charge in [-0.15, -0.1) is 0 Å². The molecule has 0 aromatic heterocycles. The highest BCUT2D eigenvalue weighted by Crippen LogP contribution is 2.19. The topological polar surface area (TPSA) is 112 Å². The summed E-state index contributed by atoms with van der Waals surface area (Å²) in [6.07, 6.45) is 0. The number of carbonyl (C=O) groups excluding carboxylic acids is 1. The van der Waals surface area contributed by atoms with Gasteiger partial charge in [0.25, 0.3) is 0 Å². The minimum Gasteiger partial charge on any atom is -0.379 e. The van der Waals surface area contributed by atoms with E-state index in [4.69, 9.17) is 10.00 Å². The zero-order chi connectivity index (χ0) is 20.0. The van der Waals surface area contributed by atoms with Gasteiger partial charge in [0.1, 0.15) is 0 Å². The Morgan fingerprint density at radius 3 is 2.50 bits per heavy atom. The molecule has 1 amide bonds. The van der Waals surface area contributed by atoms with Gasteiger partial charge < -0.3 is 15.4 Å². The number of benzene rings is 2. The van der Waals surface area contributed by atoms with Gasteiger partial charge in [-0.2, -0.15) is 9.57 Å². The van der Waals surface area contributed by atoms with Gasteiger partial charge in [-0.25, -0.2) is 8.42 Å². The molecule has 0 aliphatic carbocycles. The fraction of sp³-hybridized carbons (Fsp3) is 0.263. The third-order valence-corrected chi connectivity index (χ3v) is 6.10. The van der Waals surface area contributed by atoms with Gasteiger partial charge >= 0.3 is 0 Å². The first-order valence-electron chi connectivity index (χ1n) is 8.71. The molecule has 0 radical (unpaired) electrons. The van der Waals surface area contributed by atoms with Crippen molar-refractivity contribution >= 4 is 27.3 Å². The second kappa shape index (κ2) is 8.84. The molecule has 0 unspecified atom stereocenters. The van der Waals surface area contributed by atoms with Gasteiger partial charge in [0.05, 0.1) is 36.3 Å². The predicted molar refractivity (Wildman–Crippen MR) is 104 cm³/mol. The smallest absolute Gasteiger partial charge is 0.243 e. The van der Waals surface area contributed by atoms with Crippen molar-refractivity contribution in [1.82, 2.24) is 4.31 Å². The highest BCUT2D eigenvalue weighted by Gasteiger charge is 2.26. The summed E-state index contributed by atoms with van der Waals surface area (Å²) in [4.78, 5) is 12.3. The Balaban J connectivity index is 1.56. The van der Waals surface area contributed by atoms with Gasteiger partial charge in [-0.1, -0.05) is 6.07 Å². The Hall–Kier alpha value is -2.93. The zero-order valence-corrected chi connectivity index (χ0v) is 15.9. The summed E-state index contributed by atoms with van der Waals surface area (Å²) in [6.45, 7) is 1.48. The molecule has 0 spiro atoms. The first-order chi connectivity index (χ1) is 13.5. The van der Waals surface area contributed by atoms with E-state index in [-0.39, 0.29) is 17.3 Å². The molecule has 3 rings (SSSR count). The number of carbonyl (C=O) groups is 1. The number of sulfonamides is 1. The number of nitrogens with zero attached hydrogens (tertiary/aromatic N) is 2. The maximum atomic E-state index is 12.6. The second-order valence-electron chi connectivity index (χ2n) is 6.14. The number of hydrogen-bond donors (Lipinski definition) is 2. The molecule has 2 aromatic carbocycles. The molecule has 2 N–H and O–H groups in total. The van der Waals surface area contributed by atoms with Crippen molar-refractivity contribution in [3.8, 4) is 6.07 Å². The average Bonchev–Trinajstić information content (AvgIpc) is 2.73. The number of hydrogen-bond acceptors (Lipinski definition) is 6. The van der Waals surface area contributed by atoms with Crippen molar-refractivity contribution in [2.75, 3.05) is 43.5 Å². The molecule has 1 saturated heterocycles. The standard InChI is InChI=1S/C19H20N4O4S/c20-13-15-2-1-3-17(12-15)22-19(24)14-21-16-4-6-18(7-5-16)28(25,26)23-8-10-27-11-9-23/h1-7,12,21H,8-11,14H2,(H,22,24). The van der Waals surface area contributed by atoms with E-state index in [1.54, 1.807) is 36.4 Å². The first kappa shape index (κ1) is 19.8. The van der Waals surface area contributed by atoms with Crippen LogP contribution >= 0.6 is 0 Å². The average molecular weight is 400 g/mol. The van der Waals surface area contributed by atoms with Crippen LogP contribution in [-0.4, -0.2) is 51.5 Å². The van der Waals surface area contributed by atoms with Crippen molar-refractivity contribution in [2.45, 2.75) is 4.90 Å². The molecule has 0 saturated carbocycles. The molecule has 146 valence electrons. The summed E-state index contributed by atoms with van der Waals surface area (Å²) in [5, 5.41) is 14.5. The van der Waals surface area contributed by atoms with E-state index >= 15 is 0 Å². The van der Waals surface area contributed by atoms with Gasteiger partial charge in [-0.05, 0) is 42.5 Å². The lowest BCUT2D eigenvalue weighted by atomic mass is 10.2. The fourth-order valence-electron chi connectivity index (χ4n) is 2.73. The maximum absolute atomic E-state index is 12.6. The Bertz CT molecular complexity index is 978. The molecule has 9 heteroatoms. The molecule has 8 nitrogen and oxygen atoms in total. The van der Waals surface area contributed by atoms with Crippen molar-refractivity contribution in [1.29, 1.82) is 5.26 Å². The lowest BCUT2D eigenvalue weighted by Crippen LogP contribution is -2.40. The Morgan fingerprint density at radius 2 is 1.82 bits per heavy atom. The highest BCUT2D eigenvalue weighted by atomic mass is 32.2. The monoisotopic (exact) mass is 400 g/mol. The molecule has 0 bridgehead atoms. The predicted octanol–water partition coefficient (Wildman–Crippen LogP) is 1.63. The van der Waals surface area contributed by atoms with E-state index < -0.39 is 10.0 Å². The highest BCUT2D eigenvalue weighted by molar-refractivity contribution is 7.89. The van der Waals surface area contributed by atoms with Crippen LogP contribution in [0.15, 0.2) is 53.4 Å². The van der Waals surface area contributed by atoms with E-state index in [2.05, 4.69) is 10.6 Å². The van der Waals surface area contributed by atoms with E-state index in [1.165, 1.54) is 16.4 Å². The third-order valence-electron chi connectivity index (χ3n) is 4.19. The summed E-state index contributed by atoms with van der Waals surface area (Å²) in [5.74, 6) is -0.278. The number of nitrogens with one attached hydrogen (secondary N) is 2. The van der Waals surface area contributed by atoms with Crippen LogP contribution in [-0.2, 0) is 19.6 Å². The number of amides is 1. The summed E-state index contributed by atoms with van der Waals surface area (Å²) in [6, 6.07) is 14.9. The van der Waals surface area contributed by atoms with Crippen LogP contribution in [0.3, 0.4) is 0 Å². The van der Waals surface area contributed by atoms with Crippen LogP contribution < -0.4 is 10.6 Å². The van der Waals surface area contributed by atoms with Crippen LogP contribution in [0.2, 0.25) is 0 Å². The van der Waals surface area contributed by atoms with Gasteiger partial charge in [0.15, 0.2) is 0 Å². The lowest BCUT2D eigenvalue weighted by molar-refractivity contribution is -0.114. The molecule has 1 aliphatic heterocycles. The summed E-state index contributed by atoms with van der Waals surface area (Å²) >= 11 is 0. The molecule has 28 heavy (non-hydrogen) atoms. The van der Waals surface area contributed by atoms with Crippen molar-refractivity contribution in [3.05, 3.63) is 54.1 Å². The Morgan fingerprint density at radius 1 is 1.11 bits per heavy atom. The zero-order valence-electron chi connectivity index (χ0n) is 15.1. The normalized spacial score (nSPS) is 14.8. The largest absolute Gasteiger partial charge is 0.379 e. The first-order valence-corrected chi connectivity index (χ1v) is 10.1. The van der Waals surface area contributed by atoms with Crippen molar-refractivity contribution in [2.24, 2.45) is 0 Å². The minimum atomic E-state index is -3.54. The van der Waals surface area contributed by atoms with Gasteiger partial charge in [0, 0.05) is 24.5 Å². The molecule has 1 heterocycles. The molecule has 0 atom stereocenters. The number of ether oxygens (including phenoxy) is 1. The van der Waals surface area contributed by atoms with Crippen LogP contribution in [0.25, 0.3) is 0 Å². The van der Waals surface area contributed by atoms with Crippen LogP contribution in [0.1, 0.15) is 5.56 Å². The van der Waals surface area contributed by atoms with Gasteiger partial charge in [0.2, 0.25) is 15.9 Å². The van der Waals surface area contributed by atoms with E-state index in [1.807, 2.05) is 6.07 Å². The molecular formula is C19H20N4O4S. The Kier molecular flexibility index (Phi) is 6.26. The maximum Gasteiger partial charge on any atom is 0.243 e. The van der Waals surface area contributed by atoms with Gasteiger partial charge in [-0.3, -0.25) is 4.79 Å². The van der Waals surface area contributed by atoms with E-state index in [0.29, 0.717) is 43.2 Å². The molecular weight excluding hydrogens is 380 g/mol. The van der Waals surface area contributed by atoms with E-state index in [0.717, 1.165) is 0 Å². The minimum absolute atomic E-state index is 0.00629. The quantitative estimate of drug-likeness (QED) is 0.762. The van der Waals surface area contributed by atoms with E-state index in [9.17, 15) is 13.2 Å².